The van der Waals surface area contributed by atoms with Gasteiger partial charge in [0.25, 0.3) is 0 Å². The van der Waals surface area contributed by atoms with Crippen LogP contribution in [0.3, 0.4) is 0 Å². The summed E-state index contributed by atoms with van der Waals surface area (Å²) in [4.78, 5) is 15.5. The number of halogens is 1. The largest absolute Gasteiger partial charge is 0.486 e. The first-order valence-corrected chi connectivity index (χ1v) is 7.26. The molecular formula is C12H9BrN2O4S. The number of nitrogens with zero attached hydrogens (tertiary/aromatic N) is 1. The van der Waals surface area contributed by atoms with Crippen molar-refractivity contribution < 1.29 is 19.4 Å². The van der Waals surface area contributed by atoms with Crippen LogP contribution in [0, 0.1) is 0 Å². The Balaban J connectivity index is 2.16. The summed E-state index contributed by atoms with van der Waals surface area (Å²) in [6, 6.07) is 3.51. The van der Waals surface area contributed by atoms with E-state index in [2.05, 4.69) is 20.9 Å². The van der Waals surface area contributed by atoms with E-state index in [1.54, 1.807) is 12.1 Å². The molecule has 0 radical (unpaired) electrons. The fraction of sp³-hybridized carbons (Fsp3) is 0.167. The molecule has 3 N–H and O–H groups in total. The number of benzene rings is 1. The fourth-order valence-electron chi connectivity index (χ4n) is 1.92. The number of aromatic nitrogens is 1. The molecule has 0 atom stereocenters. The summed E-state index contributed by atoms with van der Waals surface area (Å²) in [5.41, 5.74) is 6.22. The maximum Gasteiger partial charge on any atom is 0.356 e. The Morgan fingerprint density at radius 2 is 2.15 bits per heavy atom. The lowest BCUT2D eigenvalue weighted by molar-refractivity contribution is 0.0692. The van der Waals surface area contributed by atoms with Crippen molar-refractivity contribution >= 4 is 38.4 Å². The van der Waals surface area contributed by atoms with Crippen LogP contribution in [-0.2, 0) is 0 Å². The Kier molecular flexibility index (Phi) is 3.27. The van der Waals surface area contributed by atoms with E-state index in [-0.39, 0.29) is 10.8 Å². The number of nitrogen functional groups attached to an aromatic ring is 1. The molecule has 1 aromatic carbocycles. The second kappa shape index (κ2) is 4.95. The molecule has 104 valence electrons. The maximum atomic E-state index is 11.2. The van der Waals surface area contributed by atoms with Crippen LogP contribution >= 0.6 is 27.3 Å². The third kappa shape index (κ3) is 2.20. The number of ether oxygens (including phenoxy) is 2. The van der Waals surface area contributed by atoms with E-state index in [1.165, 1.54) is 0 Å². The van der Waals surface area contributed by atoms with Crippen LogP contribution in [-0.4, -0.2) is 29.3 Å². The standard InChI is InChI=1S/C12H9BrN2O4S/c13-6-3-5(4-7-9(6)19-2-1-18-7)10-8(11(16)17)15-12(14)20-10/h3-4H,1-2H2,(H2,14,15)(H,16,17). The average Bonchev–Trinajstić information content (AvgIpc) is 2.81. The molecule has 8 heteroatoms. The highest BCUT2D eigenvalue weighted by Crippen LogP contribution is 2.43. The molecule has 1 aliphatic heterocycles. The summed E-state index contributed by atoms with van der Waals surface area (Å²) < 4.78 is 11.7. The Morgan fingerprint density at radius 3 is 2.90 bits per heavy atom. The first-order chi connectivity index (χ1) is 9.56. The molecular weight excluding hydrogens is 348 g/mol. The number of nitrogens with two attached hydrogens (primary N) is 1. The van der Waals surface area contributed by atoms with Gasteiger partial charge >= 0.3 is 5.97 Å². The number of hydrogen-bond acceptors (Lipinski definition) is 6. The summed E-state index contributed by atoms with van der Waals surface area (Å²) in [7, 11) is 0. The number of rotatable bonds is 2. The average molecular weight is 357 g/mol. The molecule has 0 bridgehead atoms. The zero-order valence-electron chi connectivity index (χ0n) is 10.1. The van der Waals surface area contributed by atoms with Crippen LogP contribution < -0.4 is 15.2 Å². The highest BCUT2D eigenvalue weighted by molar-refractivity contribution is 9.10. The van der Waals surface area contributed by atoms with Gasteiger partial charge in [-0.15, -0.1) is 0 Å². The van der Waals surface area contributed by atoms with Crippen molar-refractivity contribution in [3.63, 3.8) is 0 Å². The molecule has 0 saturated heterocycles. The van der Waals surface area contributed by atoms with Crippen LogP contribution in [0.1, 0.15) is 10.5 Å². The third-order valence-corrected chi connectivity index (χ3v) is 4.23. The normalized spacial score (nSPS) is 13.2. The predicted octanol–water partition coefficient (Wildman–Crippen LogP) is 2.62. The summed E-state index contributed by atoms with van der Waals surface area (Å²) >= 11 is 4.52. The minimum atomic E-state index is -1.11. The van der Waals surface area contributed by atoms with Gasteiger partial charge in [0.15, 0.2) is 22.3 Å². The minimum Gasteiger partial charge on any atom is -0.486 e. The molecule has 2 heterocycles. The maximum absolute atomic E-state index is 11.2. The second-order valence-corrected chi connectivity index (χ2v) is 5.90. The van der Waals surface area contributed by atoms with Gasteiger partial charge in [0.2, 0.25) is 0 Å². The molecule has 0 unspecified atom stereocenters. The SMILES string of the molecule is Nc1nc(C(=O)O)c(-c2cc(Br)c3c(c2)OCCO3)s1. The lowest BCUT2D eigenvalue weighted by Crippen LogP contribution is -2.15. The summed E-state index contributed by atoms with van der Waals surface area (Å²) in [6.45, 7) is 0.943. The molecule has 0 spiro atoms. The summed E-state index contributed by atoms with van der Waals surface area (Å²) in [6.07, 6.45) is 0. The molecule has 6 nitrogen and oxygen atoms in total. The van der Waals surface area contributed by atoms with Crippen LogP contribution in [0.5, 0.6) is 11.5 Å². The van der Waals surface area contributed by atoms with E-state index in [1.807, 2.05) is 0 Å². The predicted molar refractivity (Wildman–Crippen MR) is 77.6 cm³/mol. The van der Waals surface area contributed by atoms with Crippen molar-refractivity contribution in [3.8, 4) is 21.9 Å². The van der Waals surface area contributed by atoms with Gasteiger partial charge in [-0.1, -0.05) is 11.3 Å². The first-order valence-electron chi connectivity index (χ1n) is 5.65. The van der Waals surface area contributed by atoms with Crippen molar-refractivity contribution in [3.05, 3.63) is 22.3 Å². The van der Waals surface area contributed by atoms with Gasteiger partial charge in [0.05, 0.1) is 9.35 Å². The molecule has 1 aromatic heterocycles. The van der Waals surface area contributed by atoms with E-state index in [0.29, 0.717) is 39.6 Å². The van der Waals surface area contributed by atoms with E-state index in [4.69, 9.17) is 20.3 Å². The molecule has 0 fully saturated rings. The Labute approximate surface area is 126 Å². The number of fused-ring (bicyclic) bond motifs is 1. The van der Waals surface area contributed by atoms with Crippen molar-refractivity contribution in [1.82, 2.24) is 4.98 Å². The monoisotopic (exact) mass is 356 g/mol. The summed E-state index contributed by atoms with van der Waals surface area (Å²) in [5, 5.41) is 9.38. The number of thiazole rings is 1. The van der Waals surface area contributed by atoms with Crippen molar-refractivity contribution in [1.29, 1.82) is 0 Å². The van der Waals surface area contributed by atoms with E-state index in [9.17, 15) is 4.79 Å². The van der Waals surface area contributed by atoms with E-state index in [0.717, 1.165) is 11.3 Å². The number of carboxylic acid groups (broad SMARTS) is 1. The molecule has 1 aliphatic rings. The quantitative estimate of drug-likeness (QED) is 0.858. The lowest BCUT2D eigenvalue weighted by Gasteiger charge is -2.20. The number of hydrogen-bond donors (Lipinski definition) is 2. The molecule has 2 aromatic rings. The second-order valence-electron chi connectivity index (χ2n) is 4.02. The highest BCUT2D eigenvalue weighted by Gasteiger charge is 2.22. The van der Waals surface area contributed by atoms with E-state index < -0.39 is 5.97 Å². The minimum absolute atomic E-state index is 0.0592. The Morgan fingerprint density at radius 1 is 1.40 bits per heavy atom. The highest BCUT2D eigenvalue weighted by atomic mass is 79.9. The van der Waals surface area contributed by atoms with Gasteiger partial charge in [-0.25, -0.2) is 9.78 Å². The van der Waals surface area contributed by atoms with Gasteiger partial charge in [-0.05, 0) is 33.6 Å². The van der Waals surface area contributed by atoms with Crippen LogP contribution in [0.15, 0.2) is 16.6 Å². The van der Waals surface area contributed by atoms with Crippen molar-refractivity contribution in [2.24, 2.45) is 0 Å². The third-order valence-electron chi connectivity index (χ3n) is 2.71. The zero-order chi connectivity index (χ0) is 14.3. The van der Waals surface area contributed by atoms with Crippen LogP contribution in [0.2, 0.25) is 0 Å². The van der Waals surface area contributed by atoms with Gasteiger partial charge in [0, 0.05) is 0 Å². The van der Waals surface area contributed by atoms with E-state index >= 15 is 0 Å². The Hall–Kier alpha value is -1.80. The van der Waals surface area contributed by atoms with Gasteiger partial charge in [-0.2, -0.15) is 0 Å². The van der Waals surface area contributed by atoms with Crippen molar-refractivity contribution in [2.45, 2.75) is 0 Å². The zero-order valence-corrected chi connectivity index (χ0v) is 12.5. The van der Waals surface area contributed by atoms with Gasteiger partial charge in [0.1, 0.15) is 13.2 Å². The summed E-state index contributed by atoms with van der Waals surface area (Å²) in [5.74, 6) is 0.0808. The van der Waals surface area contributed by atoms with Crippen molar-refractivity contribution in [2.75, 3.05) is 18.9 Å². The first kappa shape index (κ1) is 13.2. The number of carboxylic acids is 1. The lowest BCUT2D eigenvalue weighted by atomic mass is 10.1. The smallest absolute Gasteiger partial charge is 0.356 e. The topological polar surface area (TPSA) is 94.7 Å². The molecule has 0 amide bonds. The fourth-order valence-corrected chi connectivity index (χ4v) is 3.29. The molecule has 0 saturated carbocycles. The van der Waals surface area contributed by atoms with Gasteiger partial charge in [-0.3, -0.25) is 0 Å². The van der Waals surface area contributed by atoms with Gasteiger partial charge < -0.3 is 20.3 Å². The molecule has 0 aliphatic carbocycles. The molecule has 20 heavy (non-hydrogen) atoms. The Bertz CT molecular complexity index is 701. The number of aromatic carboxylic acids is 1. The molecule has 3 rings (SSSR count). The number of anilines is 1. The van der Waals surface area contributed by atoms with Crippen LogP contribution in [0.4, 0.5) is 5.13 Å². The number of carbonyl (C=O) groups is 1. The van der Waals surface area contributed by atoms with Crippen LogP contribution in [0.25, 0.3) is 10.4 Å².